The standard InChI is InChI=1S/C12H18ClFN2O2/c1-17-4-5-18-8-10(16-15)6-9-2-3-11(13)12(14)7-9/h2-3,7,10,16H,4-6,8,15H2,1H3. The molecule has 0 radical (unpaired) electrons. The summed E-state index contributed by atoms with van der Waals surface area (Å²) in [6.07, 6.45) is 0.567. The number of nitrogens with two attached hydrogens (primary N) is 1. The third-order valence-electron chi connectivity index (χ3n) is 2.45. The molecule has 0 fully saturated rings. The fourth-order valence-corrected chi connectivity index (χ4v) is 1.60. The first-order valence-corrected chi connectivity index (χ1v) is 6.02. The normalized spacial score (nSPS) is 12.7. The third-order valence-corrected chi connectivity index (χ3v) is 2.76. The molecular formula is C12H18ClFN2O2. The van der Waals surface area contributed by atoms with Crippen LogP contribution in [0, 0.1) is 5.82 Å². The fourth-order valence-electron chi connectivity index (χ4n) is 1.48. The predicted molar refractivity (Wildman–Crippen MR) is 68.9 cm³/mol. The van der Waals surface area contributed by atoms with Gasteiger partial charge in [-0.3, -0.25) is 11.3 Å². The zero-order valence-electron chi connectivity index (χ0n) is 10.3. The summed E-state index contributed by atoms with van der Waals surface area (Å²) in [6, 6.07) is 4.63. The second-order valence-electron chi connectivity index (χ2n) is 3.88. The van der Waals surface area contributed by atoms with Gasteiger partial charge >= 0.3 is 0 Å². The maximum atomic E-state index is 13.3. The molecule has 0 aliphatic rings. The highest BCUT2D eigenvalue weighted by molar-refractivity contribution is 6.30. The first-order chi connectivity index (χ1) is 8.67. The highest BCUT2D eigenvalue weighted by Crippen LogP contribution is 2.16. The van der Waals surface area contributed by atoms with E-state index in [1.54, 1.807) is 13.2 Å². The minimum atomic E-state index is -0.426. The van der Waals surface area contributed by atoms with Crippen LogP contribution in [0.3, 0.4) is 0 Å². The van der Waals surface area contributed by atoms with Crippen molar-refractivity contribution < 1.29 is 13.9 Å². The number of hydrogen-bond donors (Lipinski definition) is 2. The van der Waals surface area contributed by atoms with Crippen molar-refractivity contribution in [3.63, 3.8) is 0 Å². The van der Waals surface area contributed by atoms with Crippen molar-refractivity contribution in [2.45, 2.75) is 12.5 Å². The Morgan fingerprint density at radius 3 is 2.83 bits per heavy atom. The summed E-state index contributed by atoms with van der Waals surface area (Å²) in [5.74, 6) is 5.00. The Balaban J connectivity index is 2.44. The van der Waals surface area contributed by atoms with E-state index in [1.165, 1.54) is 12.1 Å². The van der Waals surface area contributed by atoms with Crippen molar-refractivity contribution in [3.8, 4) is 0 Å². The van der Waals surface area contributed by atoms with Gasteiger partial charge in [-0.2, -0.15) is 0 Å². The van der Waals surface area contributed by atoms with Crippen molar-refractivity contribution in [2.75, 3.05) is 26.9 Å². The number of nitrogens with one attached hydrogen (secondary N) is 1. The number of hydrogen-bond acceptors (Lipinski definition) is 4. The first kappa shape index (κ1) is 15.3. The Labute approximate surface area is 111 Å². The lowest BCUT2D eigenvalue weighted by Gasteiger charge is -2.16. The van der Waals surface area contributed by atoms with Crippen LogP contribution in [0.4, 0.5) is 4.39 Å². The number of ether oxygens (including phenoxy) is 2. The highest BCUT2D eigenvalue weighted by atomic mass is 35.5. The summed E-state index contributed by atoms with van der Waals surface area (Å²) < 4.78 is 23.5. The van der Waals surface area contributed by atoms with Crippen LogP contribution in [0.2, 0.25) is 5.02 Å². The Morgan fingerprint density at radius 2 is 2.22 bits per heavy atom. The van der Waals surface area contributed by atoms with Gasteiger partial charge in [-0.15, -0.1) is 0 Å². The van der Waals surface area contributed by atoms with Crippen molar-refractivity contribution in [2.24, 2.45) is 5.84 Å². The zero-order chi connectivity index (χ0) is 13.4. The Hall–Kier alpha value is -0.720. The topological polar surface area (TPSA) is 56.5 Å². The smallest absolute Gasteiger partial charge is 0.142 e. The molecule has 3 N–H and O–H groups in total. The van der Waals surface area contributed by atoms with Gasteiger partial charge in [0.15, 0.2) is 0 Å². The monoisotopic (exact) mass is 276 g/mol. The molecule has 1 rings (SSSR count). The van der Waals surface area contributed by atoms with Crippen LogP contribution < -0.4 is 11.3 Å². The predicted octanol–water partition coefficient (Wildman–Crippen LogP) is 1.52. The zero-order valence-corrected chi connectivity index (χ0v) is 11.0. The number of methoxy groups -OCH3 is 1. The van der Waals surface area contributed by atoms with E-state index in [2.05, 4.69) is 5.43 Å². The van der Waals surface area contributed by atoms with Crippen LogP contribution in [-0.4, -0.2) is 33.0 Å². The highest BCUT2D eigenvalue weighted by Gasteiger charge is 2.09. The molecular weight excluding hydrogens is 259 g/mol. The molecule has 0 aromatic heterocycles. The number of halogens is 2. The Morgan fingerprint density at radius 1 is 1.44 bits per heavy atom. The van der Waals surface area contributed by atoms with Gasteiger partial charge in [-0.05, 0) is 24.1 Å². The van der Waals surface area contributed by atoms with Crippen molar-refractivity contribution >= 4 is 11.6 Å². The van der Waals surface area contributed by atoms with E-state index in [-0.39, 0.29) is 11.1 Å². The lowest BCUT2D eigenvalue weighted by Crippen LogP contribution is -2.40. The van der Waals surface area contributed by atoms with Crippen molar-refractivity contribution in [1.29, 1.82) is 0 Å². The molecule has 4 nitrogen and oxygen atoms in total. The van der Waals surface area contributed by atoms with E-state index < -0.39 is 5.82 Å². The van der Waals surface area contributed by atoms with Crippen LogP contribution in [0.5, 0.6) is 0 Å². The molecule has 1 aromatic rings. The first-order valence-electron chi connectivity index (χ1n) is 5.64. The van der Waals surface area contributed by atoms with Gasteiger partial charge in [-0.25, -0.2) is 4.39 Å². The van der Waals surface area contributed by atoms with Gasteiger partial charge in [-0.1, -0.05) is 17.7 Å². The van der Waals surface area contributed by atoms with Crippen LogP contribution in [0.1, 0.15) is 5.56 Å². The van der Waals surface area contributed by atoms with Crippen LogP contribution in [0.25, 0.3) is 0 Å². The molecule has 1 aromatic carbocycles. The van der Waals surface area contributed by atoms with Gasteiger partial charge in [0.1, 0.15) is 5.82 Å². The minimum Gasteiger partial charge on any atom is -0.382 e. The molecule has 0 saturated carbocycles. The second-order valence-corrected chi connectivity index (χ2v) is 4.29. The molecule has 0 heterocycles. The molecule has 0 aliphatic heterocycles. The number of rotatable bonds is 8. The summed E-state index contributed by atoms with van der Waals surface area (Å²) in [5, 5.41) is 0.118. The maximum absolute atomic E-state index is 13.3. The summed E-state index contributed by atoms with van der Waals surface area (Å²) in [7, 11) is 1.61. The Kier molecular flexibility index (Phi) is 7.15. The van der Waals surface area contributed by atoms with Crippen LogP contribution in [0.15, 0.2) is 18.2 Å². The average Bonchev–Trinajstić information content (AvgIpc) is 2.37. The third kappa shape index (κ3) is 5.29. The molecule has 6 heteroatoms. The molecule has 0 saturated heterocycles. The largest absolute Gasteiger partial charge is 0.382 e. The van der Waals surface area contributed by atoms with Crippen molar-refractivity contribution in [1.82, 2.24) is 5.43 Å². The second kappa shape index (κ2) is 8.39. The van der Waals surface area contributed by atoms with Gasteiger partial charge in [0.05, 0.1) is 24.8 Å². The van der Waals surface area contributed by atoms with Crippen LogP contribution >= 0.6 is 11.6 Å². The van der Waals surface area contributed by atoms with Gasteiger partial charge in [0.25, 0.3) is 0 Å². The number of benzene rings is 1. The van der Waals surface area contributed by atoms with Gasteiger partial charge in [0, 0.05) is 13.2 Å². The lowest BCUT2D eigenvalue weighted by atomic mass is 10.1. The van der Waals surface area contributed by atoms with Gasteiger partial charge in [0.2, 0.25) is 0 Å². The molecule has 0 amide bonds. The number of hydrazine groups is 1. The minimum absolute atomic E-state index is 0.0811. The van der Waals surface area contributed by atoms with E-state index >= 15 is 0 Å². The molecule has 18 heavy (non-hydrogen) atoms. The summed E-state index contributed by atoms with van der Waals surface area (Å²) in [5.41, 5.74) is 3.46. The van der Waals surface area contributed by atoms with E-state index in [9.17, 15) is 4.39 Å². The summed E-state index contributed by atoms with van der Waals surface area (Å²) in [4.78, 5) is 0. The molecule has 1 atom stereocenters. The van der Waals surface area contributed by atoms with Crippen molar-refractivity contribution in [3.05, 3.63) is 34.6 Å². The van der Waals surface area contributed by atoms with E-state index in [4.69, 9.17) is 26.9 Å². The van der Waals surface area contributed by atoms with E-state index in [0.717, 1.165) is 5.56 Å². The maximum Gasteiger partial charge on any atom is 0.142 e. The van der Waals surface area contributed by atoms with E-state index in [1.807, 2.05) is 0 Å². The molecule has 0 bridgehead atoms. The SMILES string of the molecule is COCCOCC(Cc1ccc(Cl)c(F)c1)NN. The fraction of sp³-hybridized carbons (Fsp3) is 0.500. The molecule has 0 spiro atoms. The quantitative estimate of drug-likeness (QED) is 0.429. The molecule has 0 aliphatic carbocycles. The Bertz CT molecular complexity index is 366. The lowest BCUT2D eigenvalue weighted by molar-refractivity contribution is 0.0587. The molecule has 1 unspecified atom stereocenters. The average molecular weight is 277 g/mol. The van der Waals surface area contributed by atoms with Gasteiger partial charge < -0.3 is 9.47 Å². The van der Waals surface area contributed by atoms with Crippen LogP contribution in [-0.2, 0) is 15.9 Å². The summed E-state index contributed by atoms with van der Waals surface area (Å²) in [6.45, 7) is 1.47. The summed E-state index contributed by atoms with van der Waals surface area (Å²) >= 11 is 5.62. The van der Waals surface area contributed by atoms with E-state index in [0.29, 0.717) is 26.2 Å². The molecule has 102 valence electrons.